The van der Waals surface area contributed by atoms with Crippen molar-refractivity contribution in [2.24, 2.45) is 0 Å². The van der Waals surface area contributed by atoms with E-state index in [9.17, 15) is 4.79 Å². The van der Waals surface area contributed by atoms with Gasteiger partial charge in [0.15, 0.2) is 5.82 Å². The number of carbonyl (C=O) groups is 1. The lowest BCUT2D eigenvalue weighted by molar-refractivity contribution is 0.102. The number of rotatable bonds is 3. The SMILES string of the molecule is O=C(Nc1cccc2cccnc12)c1ccc(-c2nnc3ncccn23)cc1. The lowest BCUT2D eigenvalue weighted by Crippen LogP contribution is -2.12. The lowest BCUT2D eigenvalue weighted by atomic mass is 10.1. The van der Waals surface area contributed by atoms with Crippen LogP contribution in [0, 0.1) is 0 Å². The second kappa shape index (κ2) is 6.55. The van der Waals surface area contributed by atoms with E-state index >= 15 is 0 Å². The van der Waals surface area contributed by atoms with Crippen LogP contribution in [0.3, 0.4) is 0 Å². The van der Waals surface area contributed by atoms with Gasteiger partial charge in [0.05, 0.1) is 11.2 Å². The molecule has 5 rings (SSSR count). The Labute approximate surface area is 159 Å². The third-order valence-corrected chi connectivity index (χ3v) is 4.48. The molecule has 0 aliphatic heterocycles. The highest BCUT2D eigenvalue weighted by atomic mass is 16.1. The fourth-order valence-electron chi connectivity index (χ4n) is 3.11. The van der Waals surface area contributed by atoms with Crippen LogP contribution in [0.25, 0.3) is 28.1 Å². The zero-order valence-corrected chi connectivity index (χ0v) is 14.6. The van der Waals surface area contributed by atoms with Crippen LogP contribution >= 0.6 is 0 Å². The molecule has 7 heteroatoms. The minimum atomic E-state index is -0.197. The highest BCUT2D eigenvalue weighted by Crippen LogP contribution is 2.22. The van der Waals surface area contributed by atoms with Crippen LogP contribution in [0.4, 0.5) is 5.69 Å². The highest BCUT2D eigenvalue weighted by Gasteiger charge is 2.12. The van der Waals surface area contributed by atoms with Crippen molar-refractivity contribution in [3.63, 3.8) is 0 Å². The predicted octanol–water partition coefficient (Wildman–Crippen LogP) is 3.59. The van der Waals surface area contributed by atoms with Gasteiger partial charge in [0.25, 0.3) is 11.7 Å². The Morgan fingerprint density at radius 2 is 1.68 bits per heavy atom. The summed E-state index contributed by atoms with van der Waals surface area (Å²) in [6.07, 6.45) is 5.24. The number of nitrogens with one attached hydrogen (secondary N) is 1. The fourth-order valence-corrected chi connectivity index (χ4v) is 3.11. The Morgan fingerprint density at radius 3 is 2.57 bits per heavy atom. The number of pyridine rings is 1. The molecule has 3 heterocycles. The van der Waals surface area contributed by atoms with E-state index < -0.39 is 0 Å². The molecule has 5 aromatic rings. The van der Waals surface area contributed by atoms with E-state index in [4.69, 9.17) is 0 Å². The van der Waals surface area contributed by atoms with Crippen molar-refractivity contribution in [1.29, 1.82) is 0 Å². The van der Waals surface area contributed by atoms with Crippen LogP contribution in [-0.2, 0) is 0 Å². The molecule has 0 fully saturated rings. The Morgan fingerprint density at radius 1 is 0.857 bits per heavy atom. The number of hydrogen-bond donors (Lipinski definition) is 1. The van der Waals surface area contributed by atoms with Gasteiger partial charge >= 0.3 is 0 Å². The molecule has 7 nitrogen and oxygen atoms in total. The average molecular weight is 366 g/mol. The van der Waals surface area contributed by atoms with Crippen LogP contribution in [0.1, 0.15) is 10.4 Å². The molecule has 2 aromatic carbocycles. The highest BCUT2D eigenvalue weighted by molar-refractivity contribution is 6.08. The van der Waals surface area contributed by atoms with Gasteiger partial charge in [0.1, 0.15) is 0 Å². The quantitative estimate of drug-likeness (QED) is 0.527. The maximum atomic E-state index is 12.7. The number of carbonyl (C=O) groups excluding carboxylic acids is 1. The van der Waals surface area contributed by atoms with Crippen LogP contribution < -0.4 is 5.32 Å². The van der Waals surface area contributed by atoms with Gasteiger partial charge in [-0.3, -0.25) is 14.2 Å². The summed E-state index contributed by atoms with van der Waals surface area (Å²) in [5, 5.41) is 12.2. The molecule has 1 N–H and O–H groups in total. The average Bonchev–Trinajstić information content (AvgIpc) is 3.18. The van der Waals surface area contributed by atoms with Crippen molar-refractivity contribution in [2.75, 3.05) is 5.32 Å². The molecular formula is C21H14N6O. The zero-order valence-electron chi connectivity index (χ0n) is 14.6. The Bertz CT molecular complexity index is 1300. The van der Waals surface area contributed by atoms with Crippen molar-refractivity contribution in [2.45, 2.75) is 0 Å². The monoisotopic (exact) mass is 366 g/mol. The minimum absolute atomic E-state index is 0.197. The van der Waals surface area contributed by atoms with Gasteiger partial charge in [0, 0.05) is 35.1 Å². The molecule has 0 unspecified atom stereocenters. The number of amides is 1. The van der Waals surface area contributed by atoms with E-state index in [1.807, 2.05) is 54.7 Å². The van der Waals surface area contributed by atoms with Gasteiger partial charge in [-0.15, -0.1) is 10.2 Å². The predicted molar refractivity (Wildman–Crippen MR) is 106 cm³/mol. The van der Waals surface area contributed by atoms with E-state index in [1.165, 1.54) is 0 Å². The number of benzene rings is 2. The van der Waals surface area contributed by atoms with Crippen LogP contribution in [0.5, 0.6) is 0 Å². The van der Waals surface area contributed by atoms with Gasteiger partial charge < -0.3 is 5.32 Å². The number of aromatic nitrogens is 5. The molecule has 0 atom stereocenters. The first kappa shape index (κ1) is 16.1. The lowest BCUT2D eigenvalue weighted by Gasteiger charge is -2.08. The maximum absolute atomic E-state index is 12.7. The Kier molecular flexibility index (Phi) is 3.76. The summed E-state index contributed by atoms with van der Waals surface area (Å²) in [7, 11) is 0. The third-order valence-electron chi connectivity index (χ3n) is 4.48. The van der Waals surface area contributed by atoms with Crippen molar-refractivity contribution in [3.05, 3.63) is 84.8 Å². The molecule has 0 saturated heterocycles. The van der Waals surface area contributed by atoms with Crippen molar-refractivity contribution >= 4 is 28.3 Å². The first-order valence-corrected chi connectivity index (χ1v) is 8.71. The van der Waals surface area contributed by atoms with Gasteiger partial charge in [-0.05, 0) is 30.3 Å². The minimum Gasteiger partial charge on any atom is -0.320 e. The normalized spacial score (nSPS) is 11.0. The molecule has 1 amide bonds. The van der Waals surface area contributed by atoms with E-state index in [0.29, 0.717) is 22.9 Å². The summed E-state index contributed by atoms with van der Waals surface area (Å²) in [5.74, 6) is 1.01. The molecule has 0 aliphatic carbocycles. The zero-order chi connectivity index (χ0) is 18.9. The molecule has 134 valence electrons. The molecule has 3 aromatic heterocycles. The van der Waals surface area contributed by atoms with Crippen molar-refractivity contribution in [1.82, 2.24) is 24.6 Å². The maximum Gasteiger partial charge on any atom is 0.255 e. The van der Waals surface area contributed by atoms with Crippen molar-refractivity contribution < 1.29 is 4.79 Å². The molecule has 0 bridgehead atoms. The molecule has 0 spiro atoms. The van der Waals surface area contributed by atoms with Gasteiger partial charge in [-0.25, -0.2) is 4.98 Å². The smallest absolute Gasteiger partial charge is 0.255 e. The number of para-hydroxylation sites is 1. The van der Waals surface area contributed by atoms with E-state index in [2.05, 4.69) is 25.5 Å². The summed E-state index contributed by atoms with van der Waals surface area (Å²) in [6.45, 7) is 0. The number of hydrogen-bond acceptors (Lipinski definition) is 5. The van der Waals surface area contributed by atoms with E-state index in [1.54, 1.807) is 28.9 Å². The van der Waals surface area contributed by atoms with E-state index in [0.717, 1.165) is 16.5 Å². The first-order valence-electron chi connectivity index (χ1n) is 8.71. The number of fused-ring (bicyclic) bond motifs is 2. The summed E-state index contributed by atoms with van der Waals surface area (Å²) in [6, 6.07) is 18.6. The number of anilines is 1. The van der Waals surface area contributed by atoms with Crippen LogP contribution in [-0.4, -0.2) is 30.5 Å². The van der Waals surface area contributed by atoms with Gasteiger partial charge in [-0.1, -0.05) is 30.3 Å². The summed E-state index contributed by atoms with van der Waals surface area (Å²) in [4.78, 5) is 21.2. The van der Waals surface area contributed by atoms with Gasteiger partial charge in [-0.2, -0.15) is 0 Å². The van der Waals surface area contributed by atoms with Crippen LogP contribution in [0.2, 0.25) is 0 Å². The molecule has 28 heavy (non-hydrogen) atoms. The first-order chi connectivity index (χ1) is 13.8. The molecular weight excluding hydrogens is 352 g/mol. The Hall–Kier alpha value is -4.13. The molecule has 0 radical (unpaired) electrons. The topological polar surface area (TPSA) is 85.1 Å². The fraction of sp³-hybridized carbons (Fsp3) is 0. The van der Waals surface area contributed by atoms with Crippen LogP contribution in [0.15, 0.2) is 79.3 Å². The Balaban J connectivity index is 1.43. The summed E-state index contributed by atoms with van der Waals surface area (Å²) >= 11 is 0. The molecule has 0 saturated carbocycles. The number of nitrogens with zero attached hydrogens (tertiary/aromatic N) is 5. The standard InChI is InChI=1S/C21H14N6O/c28-20(24-17-6-1-4-14-5-2-11-22-18(14)17)16-9-7-15(8-10-16)19-25-26-21-23-12-3-13-27(19)21/h1-13H,(H,24,28). The van der Waals surface area contributed by atoms with Crippen molar-refractivity contribution in [3.8, 4) is 11.4 Å². The van der Waals surface area contributed by atoms with Gasteiger partial charge in [0.2, 0.25) is 0 Å². The largest absolute Gasteiger partial charge is 0.320 e. The molecule has 0 aliphatic rings. The second-order valence-corrected chi connectivity index (χ2v) is 6.23. The van der Waals surface area contributed by atoms with E-state index in [-0.39, 0.29) is 5.91 Å². The summed E-state index contributed by atoms with van der Waals surface area (Å²) < 4.78 is 1.80. The third kappa shape index (κ3) is 2.75. The second-order valence-electron chi connectivity index (χ2n) is 6.23. The summed E-state index contributed by atoms with van der Waals surface area (Å²) in [5.41, 5.74) is 2.84.